The van der Waals surface area contributed by atoms with Crippen LogP contribution in [0.15, 0.2) is 84.9 Å². The van der Waals surface area contributed by atoms with Crippen LogP contribution in [0.4, 0.5) is 5.69 Å². The smallest absolute Gasteiger partial charge is 0.251 e. The third kappa shape index (κ3) is 4.30. The molecule has 1 saturated carbocycles. The third-order valence-corrected chi connectivity index (χ3v) is 8.76. The number of nitrogens with zero attached hydrogens (tertiary/aromatic N) is 2. The molecule has 3 aromatic rings. The average Bonchev–Trinajstić information content (AvgIpc) is 3.39. The molecule has 0 bridgehead atoms. The number of anilines is 1. The number of fused-ring (bicyclic) bond motifs is 3. The van der Waals surface area contributed by atoms with Crippen molar-refractivity contribution in [2.45, 2.75) is 50.2 Å². The van der Waals surface area contributed by atoms with Gasteiger partial charge in [0.1, 0.15) is 0 Å². The predicted molar refractivity (Wildman–Crippen MR) is 146 cm³/mol. The number of carbonyl (C=O) groups excluding carboxylic acids is 2. The summed E-state index contributed by atoms with van der Waals surface area (Å²) >= 11 is 0. The van der Waals surface area contributed by atoms with Gasteiger partial charge in [0.05, 0.1) is 18.0 Å². The van der Waals surface area contributed by atoms with Gasteiger partial charge in [0, 0.05) is 36.8 Å². The molecular formula is C32H35N3O2. The summed E-state index contributed by atoms with van der Waals surface area (Å²) in [5.41, 5.74) is 4.40. The molecule has 2 heterocycles. The first-order chi connectivity index (χ1) is 18.1. The van der Waals surface area contributed by atoms with Crippen LogP contribution in [0.1, 0.15) is 65.7 Å². The van der Waals surface area contributed by atoms with Crippen molar-refractivity contribution in [1.29, 1.82) is 0 Å². The number of hydrogen-bond donors (Lipinski definition) is 1. The molecular weight excluding hydrogens is 458 g/mol. The van der Waals surface area contributed by atoms with E-state index < -0.39 is 0 Å². The van der Waals surface area contributed by atoms with Gasteiger partial charge in [-0.25, -0.2) is 0 Å². The molecule has 0 radical (unpaired) electrons. The molecule has 5 heteroatoms. The van der Waals surface area contributed by atoms with Gasteiger partial charge in [-0.05, 0) is 48.6 Å². The van der Waals surface area contributed by atoms with Crippen LogP contribution in [-0.4, -0.2) is 36.3 Å². The van der Waals surface area contributed by atoms with E-state index >= 15 is 0 Å². The minimum absolute atomic E-state index is 0.0532. The summed E-state index contributed by atoms with van der Waals surface area (Å²) < 4.78 is 0. The molecule has 37 heavy (non-hydrogen) atoms. The van der Waals surface area contributed by atoms with Crippen molar-refractivity contribution >= 4 is 17.5 Å². The summed E-state index contributed by atoms with van der Waals surface area (Å²) in [6.07, 6.45) is 4.72. The highest BCUT2D eigenvalue weighted by Gasteiger charge is 2.50. The van der Waals surface area contributed by atoms with Crippen LogP contribution >= 0.6 is 0 Å². The number of likely N-dealkylation sites (tertiary alicyclic amines) is 1. The van der Waals surface area contributed by atoms with Gasteiger partial charge in [-0.15, -0.1) is 0 Å². The van der Waals surface area contributed by atoms with Crippen LogP contribution in [0.25, 0.3) is 0 Å². The van der Waals surface area contributed by atoms with E-state index in [1.165, 1.54) is 16.8 Å². The first kappa shape index (κ1) is 23.8. The number of benzene rings is 3. The molecule has 0 spiro atoms. The number of nitrogens with one attached hydrogen (secondary N) is 1. The summed E-state index contributed by atoms with van der Waals surface area (Å²) in [6.45, 7) is 0.759. The minimum atomic E-state index is -0.179. The van der Waals surface area contributed by atoms with Crippen molar-refractivity contribution in [1.82, 2.24) is 10.2 Å². The molecule has 5 nitrogen and oxygen atoms in total. The molecule has 0 aromatic heterocycles. The van der Waals surface area contributed by atoms with E-state index in [1.807, 2.05) is 30.3 Å². The van der Waals surface area contributed by atoms with E-state index in [1.54, 1.807) is 0 Å². The fourth-order valence-electron chi connectivity index (χ4n) is 7.06. The van der Waals surface area contributed by atoms with E-state index in [0.717, 1.165) is 38.6 Å². The monoisotopic (exact) mass is 493 g/mol. The predicted octanol–water partition coefficient (Wildman–Crippen LogP) is 5.76. The van der Waals surface area contributed by atoms with Crippen LogP contribution < -0.4 is 10.2 Å². The van der Waals surface area contributed by atoms with Crippen LogP contribution in [0.3, 0.4) is 0 Å². The van der Waals surface area contributed by atoms with Crippen molar-refractivity contribution in [2.24, 2.45) is 11.8 Å². The normalized spacial score (nSPS) is 26.8. The topological polar surface area (TPSA) is 52.6 Å². The second kappa shape index (κ2) is 10.0. The van der Waals surface area contributed by atoms with E-state index in [-0.39, 0.29) is 35.9 Å². The lowest BCUT2D eigenvalue weighted by atomic mass is 9.78. The second-order valence-electron chi connectivity index (χ2n) is 10.8. The van der Waals surface area contributed by atoms with Crippen LogP contribution in [0.2, 0.25) is 0 Å². The number of para-hydroxylation sites is 1. The number of carbonyl (C=O) groups is 2. The summed E-state index contributed by atoms with van der Waals surface area (Å²) in [5, 5.41) is 3.23. The Balaban J connectivity index is 1.30. The Morgan fingerprint density at radius 1 is 0.784 bits per heavy atom. The zero-order valence-corrected chi connectivity index (χ0v) is 21.4. The lowest BCUT2D eigenvalue weighted by Crippen LogP contribution is -2.50. The Hall–Kier alpha value is -3.60. The van der Waals surface area contributed by atoms with Gasteiger partial charge < -0.3 is 15.1 Å². The van der Waals surface area contributed by atoms with E-state index in [9.17, 15) is 9.59 Å². The maximum absolute atomic E-state index is 14.3. The standard InChI is InChI=1S/C32H35N3O2/c1-34-28-19-11-9-17-25(28)30-26(29(34)22-12-4-2-5-13-22)20-21-35(30)32(37)24-16-8-10-18-27(24)33-31(36)23-14-6-3-7-15-23/h2-7,9,11-15,17,19,24,26-27,29-30H,8,10,16,18,20-21H2,1H3,(H,33,36)/t24-,26?,27+,29?,30?/m0/s1. The van der Waals surface area contributed by atoms with E-state index in [2.05, 4.69) is 76.8 Å². The van der Waals surface area contributed by atoms with Gasteiger partial charge in [0.2, 0.25) is 5.91 Å². The van der Waals surface area contributed by atoms with Crippen molar-refractivity contribution in [3.63, 3.8) is 0 Å². The molecule has 1 N–H and O–H groups in total. The van der Waals surface area contributed by atoms with Crippen LogP contribution in [0.5, 0.6) is 0 Å². The largest absolute Gasteiger partial charge is 0.367 e. The molecule has 2 amide bonds. The zero-order chi connectivity index (χ0) is 25.4. The lowest BCUT2D eigenvalue weighted by Gasteiger charge is -2.46. The number of rotatable bonds is 4. The molecule has 2 fully saturated rings. The summed E-state index contributed by atoms with van der Waals surface area (Å²) in [7, 11) is 2.19. The molecule has 6 rings (SSSR count). The van der Waals surface area contributed by atoms with E-state index in [0.29, 0.717) is 11.5 Å². The van der Waals surface area contributed by atoms with Crippen molar-refractivity contribution in [3.8, 4) is 0 Å². The van der Waals surface area contributed by atoms with Gasteiger partial charge in [0.15, 0.2) is 0 Å². The van der Waals surface area contributed by atoms with Gasteiger partial charge >= 0.3 is 0 Å². The first-order valence-electron chi connectivity index (χ1n) is 13.7. The highest BCUT2D eigenvalue weighted by Crippen LogP contribution is 2.54. The Kier molecular flexibility index (Phi) is 6.45. The average molecular weight is 494 g/mol. The molecule has 5 atom stereocenters. The molecule has 3 aliphatic rings. The SMILES string of the molecule is CN1c2ccccc2C2C(CCN2C(=O)[C@H]2CCCC[C@H]2NC(=O)c2ccccc2)C1c1ccccc1. The highest BCUT2D eigenvalue weighted by atomic mass is 16.2. The summed E-state index contributed by atoms with van der Waals surface area (Å²) in [5.74, 6) is 0.268. The molecule has 3 aromatic carbocycles. The Labute approximate surface area is 219 Å². The van der Waals surface area contributed by atoms with Crippen molar-refractivity contribution in [2.75, 3.05) is 18.5 Å². The summed E-state index contributed by atoms with van der Waals surface area (Å²) in [6, 6.07) is 28.8. The number of amides is 2. The van der Waals surface area contributed by atoms with Gasteiger partial charge in [-0.1, -0.05) is 79.6 Å². The highest BCUT2D eigenvalue weighted by molar-refractivity contribution is 5.95. The Bertz CT molecular complexity index is 1260. The van der Waals surface area contributed by atoms with Crippen molar-refractivity contribution in [3.05, 3.63) is 102 Å². The second-order valence-corrected chi connectivity index (χ2v) is 10.8. The minimum Gasteiger partial charge on any atom is -0.367 e. The third-order valence-electron chi connectivity index (χ3n) is 8.76. The fraction of sp³-hybridized carbons (Fsp3) is 0.375. The van der Waals surface area contributed by atoms with Gasteiger partial charge in [-0.2, -0.15) is 0 Å². The molecule has 190 valence electrons. The Morgan fingerprint density at radius 2 is 1.46 bits per heavy atom. The maximum atomic E-state index is 14.3. The maximum Gasteiger partial charge on any atom is 0.251 e. The summed E-state index contributed by atoms with van der Waals surface area (Å²) in [4.78, 5) is 31.8. The number of hydrogen-bond acceptors (Lipinski definition) is 3. The van der Waals surface area contributed by atoms with Gasteiger partial charge in [-0.3, -0.25) is 9.59 Å². The molecule has 3 unspecified atom stereocenters. The molecule has 1 saturated heterocycles. The first-order valence-corrected chi connectivity index (χ1v) is 13.7. The fourth-order valence-corrected chi connectivity index (χ4v) is 7.06. The van der Waals surface area contributed by atoms with E-state index in [4.69, 9.17) is 0 Å². The quantitative estimate of drug-likeness (QED) is 0.503. The van der Waals surface area contributed by atoms with Gasteiger partial charge in [0.25, 0.3) is 5.91 Å². The van der Waals surface area contributed by atoms with Crippen molar-refractivity contribution < 1.29 is 9.59 Å². The van der Waals surface area contributed by atoms with Crippen LogP contribution in [-0.2, 0) is 4.79 Å². The molecule has 1 aliphatic carbocycles. The lowest BCUT2D eigenvalue weighted by molar-refractivity contribution is -0.139. The Morgan fingerprint density at radius 3 is 2.24 bits per heavy atom. The zero-order valence-electron chi connectivity index (χ0n) is 21.4. The van der Waals surface area contributed by atoms with Crippen LogP contribution in [0, 0.1) is 11.8 Å². The molecule has 2 aliphatic heterocycles.